The number of carbonyl (C=O) groups excluding carboxylic acids is 1. The summed E-state index contributed by atoms with van der Waals surface area (Å²) in [6.07, 6.45) is 0.255. The van der Waals surface area contributed by atoms with Crippen molar-refractivity contribution >= 4 is 12.4 Å². The molecule has 1 atom stereocenters. The van der Waals surface area contributed by atoms with Gasteiger partial charge in [0.2, 0.25) is 6.41 Å². The summed E-state index contributed by atoms with van der Waals surface area (Å²) in [4.78, 5) is 22.8. The van der Waals surface area contributed by atoms with Gasteiger partial charge in [0, 0.05) is 12.6 Å². The van der Waals surface area contributed by atoms with Crippen LogP contribution >= 0.6 is 0 Å². The van der Waals surface area contributed by atoms with Crippen LogP contribution in [0.2, 0.25) is 0 Å². The Morgan fingerprint density at radius 2 is 1.94 bits per heavy atom. The quantitative estimate of drug-likeness (QED) is 0.834. The lowest BCUT2D eigenvalue weighted by Crippen LogP contribution is -2.47. The van der Waals surface area contributed by atoms with Gasteiger partial charge in [-0.25, -0.2) is 13.6 Å². The number of hydrogen-bond acceptors (Lipinski definition) is 2. The van der Waals surface area contributed by atoms with Crippen molar-refractivity contribution < 1.29 is 23.5 Å². The number of halogens is 2. The molecule has 98 valence electrons. The Bertz CT molecular complexity index is 504. The van der Waals surface area contributed by atoms with E-state index >= 15 is 0 Å². The molecule has 1 rings (SSSR count). The van der Waals surface area contributed by atoms with E-state index in [1.165, 1.54) is 14.0 Å². The highest BCUT2D eigenvalue weighted by molar-refractivity contribution is 5.82. The van der Waals surface area contributed by atoms with Crippen molar-refractivity contribution in [1.29, 1.82) is 0 Å². The molecule has 0 aliphatic rings. The lowest BCUT2D eigenvalue weighted by molar-refractivity contribution is -0.153. The van der Waals surface area contributed by atoms with Crippen molar-refractivity contribution in [3.63, 3.8) is 0 Å². The Kier molecular flexibility index (Phi) is 3.69. The van der Waals surface area contributed by atoms with Crippen LogP contribution in [-0.2, 0) is 15.1 Å². The Labute approximate surface area is 103 Å². The summed E-state index contributed by atoms with van der Waals surface area (Å²) in [5.74, 6) is -3.04. The minimum absolute atomic E-state index is 0.0674. The topological polar surface area (TPSA) is 57.6 Å². The number of aliphatic carboxylic acids is 1. The molecule has 4 nitrogen and oxygen atoms in total. The van der Waals surface area contributed by atoms with Gasteiger partial charge in [-0.15, -0.1) is 0 Å². The van der Waals surface area contributed by atoms with Crippen molar-refractivity contribution in [1.82, 2.24) is 4.90 Å². The Balaban J connectivity index is 3.53. The van der Waals surface area contributed by atoms with Gasteiger partial charge in [0.1, 0.15) is 11.6 Å². The van der Waals surface area contributed by atoms with Gasteiger partial charge in [0.15, 0.2) is 5.54 Å². The standard InChI is InChI=1S/C12H13F2NO3/c1-7-4-10(14)8(5-9(7)13)12(2,11(17)18)15(3)6-16/h4-6H,1-3H3,(H,17,18). The fourth-order valence-corrected chi connectivity index (χ4v) is 1.58. The summed E-state index contributed by atoms with van der Waals surface area (Å²) < 4.78 is 27.3. The van der Waals surface area contributed by atoms with Crippen LogP contribution < -0.4 is 0 Å². The number of carbonyl (C=O) groups is 2. The van der Waals surface area contributed by atoms with E-state index in [-0.39, 0.29) is 12.0 Å². The molecule has 1 N–H and O–H groups in total. The second-order valence-electron chi connectivity index (χ2n) is 4.17. The highest BCUT2D eigenvalue weighted by Crippen LogP contribution is 2.30. The van der Waals surface area contributed by atoms with Crippen LogP contribution in [0.25, 0.3) is 0 Å². The molecule has 0 saturated carbocycles. The maximum atomic E-state index is 13.8. The first-order chi connectivity index (χ1) is 8.25. The molecule has 1 amide bonds. The maximum absolute atomic E-state index is 13.8. The van der Waals surface area contributed by atoms with Gasteiger partial charge in [-0.3, -0.25) is 4.79 Å². The first kappa shape index (κ1) is 14.1. The van der Waals surface area contributed by atoms with Crippen molar-refractivity contribution in [2.45, 2.75) is 19.4 Å². The number of carboxylic acid groups (broad SMARTS) is 1. The summed E-state index contributed by atoms with van der Waals surface area (Å²) in [5.41, 5.74) is -2.29. The summed E-state index contributed by atoms with van der Waals surface area (Å²) in [6.45, 7) is 2.50. The summed E-state index contributed by atoms with van der Waals surface area (Å²) in [6, 6.07) is 1.71. The summed E-state index contributed by atoms with van der Waals surface area (Å²) in [5, 5.41) is 9.18. The Hall–Kier alpha value is -1.98. The second kappa shape index (κ2) is 4.72. The normalized spacial score (nSPS) is 13.8. The number of likely N-dealkylation sites (N-methyl/N-ethyl adjacent to an activating group) is 1. The van der Waals surface area contributed by atoms with Crippen molar-refractivity contribution in [3.8, 4) is 0 Å². The Morgan fingerprint density at radius 3 is 2.39 bits per heavy atom. The van der Waals surface area contributed by atoms with E-state index in [0.717, 1.165) is 24.0 Å². The van der Waals surface area contributed by atoms with E-state index in [1.807, 2.05) is 0 Å². The van der Waals surface area contributed by atoms with E-state index in [1.54, 1.807) is 0 Å². The second-order valence-corrected chi connectivity index (χ2v) is 4.17. The third-order valence-corrected chi connectivity index (χ3v) is 3.05. The smallest absolute Gasteiger partial charge is 0.334 e. The Morgan fingerprint density at radius 1 is 1.39 bits per heavy atom. The first-order valence-corrected chi connectivity index (χ1v) is 5.13. The molecule has 0 spiro atoms. The number of aryl methyl sites for hydroxylation is 1. The molecule has 0 aromatic heterocycles. The molecule has 1 aromatic carbocycles. The van der Waals surface area contributed by atoms with E-state index in [9.17, 15) is 23.5 Å². The summed E-state index contributed by atoms with van der Waals surface area (Å²) in [7, 11) is 1.19. The van der Waals surface area contributed by atoms with E-state index in [2.05, 4.69) is 0 Å². The van der Waals surface area contributed by atoms with Crippen LogP contribution in [0.15, 0.2) is 12.1 Å². The van der Waals surface area contributed by atoms with E-state index < -0.39 is 28.7 Å². The number of carboxylic acids is 1. The van der Waals surface area contributed by atoms with Gasteiger partial charge in [-0.1, -0.05) is 0 Å². The molecule has 0 bridgehead atoms. The van der Waals surface area contributed by atoms with Gasteiger partial charge in [0.05, 0.1) is 0 Å². The molecule has 0 radical (unpaired) electrons. The van der Waals surface area contributed by atoms with Crippen LogP contribution in [0.5, 0.6) is 0 Å². The van der Waals surface area contributed by atoms with Gasteiger partial charge >= 0.3 is 5.97 Å². The molecule has 18 heavy (non-hydrogen) atoms. The number of nitrogens with zero attached hydrogens (tertiary/aromatic N) is 1. The minimum Gasteiger partial charge on any atom is -0.479 e. The monoisotopic (exact) mass is 257 g/mol. The van der Waals surface area contributed by atoms with Crippen molar-refractivity contribution in [2.75, 3.05) is 7.05 Å². The molecule has 0 saturated heterocycles. The van der Waals surface area contributed by atoms with Crippen LogP contribution in [0.3, 0.4) is 0 Å². The van der Waals surface area contributed by atoms with Crippen LogP contribution in [-0.4, -0.2) is 29.4 Å². The highest BCUT2D eigenvalue weighted by atomic mass is 19.1. The average molecular weight is 257 g/mol. The SMILES string of the molecule is Cc1cc(F)c(C(C)(C(=O)O)N(C)C=O)cc1F. The zero-order valence-electron chi connectivity index (χ0n) is 10.2. The van der Waals surface area contributed by atoms with Crippen LogP contribution in [0, 0.1) is 18.6 Å². The molecule has 0 fully saturated rings. The number of benzene rings is 1. The third-order valence-electron chi connectivity index (χ3n) is 3.05. The molecule has 0 heterocycles. The fourth-order valence-electron chi connectivity index (χ4n) is 1.58. The van der Waals surface area contributed by atoms with Crippen LogP contribution in [0.1, 0.15) is 18.1 Å². The van der Waals surface area contributed by atoms with E-state index in [4.69, 9.17) is 0 Å². The fraction of sp³-hybridized carbons (Fsp3) is 0.333. The predicted octanol–water partition coefficient (Wildman–Crippen LogP) is 1.66. The number of amides is 1. The molecule has 1 aromatic rings. The number of rotatable bonds is 4. The van der Waals surface area contributed by atoms with E-state index in [0.29, 0.717) is 0 Å². The maximum Gasteiger partial charge on any atom is 0.334 e. The number of hydrogen-bond donors (Lipinski definition) is 1. The lowest BCUT2D eigenvalue weighted by Gasteiger charge is -2.33. The van der Waals surface area contributed by atoms with Crippen molar-refractivity contribution in [2.24, 2.45) is 0 Å². The largest absolute Gasteiger partial charge is 0.479 e. The van der Waals surface area contributed by atoms with Gasteiger partial charge in [-0.2, -0.15) is 0 Å². The molecule has 6 heteroatoms. The molecule has 0 aliphatic heterocycles. The van der Waals surface area contributed by atoms with Gasteiger partial charge < -0.3 is 10.0 Å². The molecule has 0 aliphatic carbocycles. The van der Waals surface area contributed by atoms with Gasteiger partial charge in [0.25, 0.3) is 0 Å². The first-order valence-electron chi connectivity index (χ1n) is 5.13. The average Bonchev–Trinajstić information content (AvgIpc) is 2.31. The zero-order chi connectivity index (χ0) is 14.1. The predicted molar refractivity (Wildman–Crippen MR) is 59.9 cm³/mol. The third kappa shape index (κ3) is 2.05. The van der Waals surface area contributed by atoms with Crippen molar-refractivity contribution in [3.05, 3.63) is 34.9 Å². The lowest BCUT2D eigenvalue weighted by atomic mass is 9.89. The van der Waals surface area contributed by atoms with Crippen LogP contribution in [0.4, 0.5) is 8.78 Å². The molecular formula is C12H13F2NO3. The molecule has 1 unspecified atom stereocenters. The minimum atomic E-state index is -1.96. The zero-order valence-corrected chi connectivity index (χ0v) is 10.2. The van der Waals surface area contributed by atoms with Gasteiger partial charge in [-0.05, 0) is 31.5 Å². The molecular weight excluding hydrogens is 244 g/mol. The highest BCUT2D eigenvalue weighted by Gasteiger charge is 2.41. The summed E-state index contributed by atoms with van der Waals surface area (Å²) >= 11 is 0.